The molecule has 0 amide bonds. The van der Waals surface area contributed by atoms with Crippen LogP contribution in [0.15, 0.2) is 41.3 Å². The maximum absolute atomic E-state index is 12.8. The molecule has 2 aromatic carbocycles. The van der Waals surface area contributed by atoms with Gasteiger partial charge in [0.25, 0.3) is 5.69 Å². The summed E-state index contributed by atoms with van der Waals surface area (Å²) in [6.07, 6.45) is 0. The molecule has 0 saturated carbocycles. The van der Waals surface area contributed by atoms with Gasteiger partial charge in [-0.25, -0.2) is 8.42 Å². The summed E-state index contributed by atoms with van der Waals surface area (Å²) in [6.45, 7) is 12.0. The molecule has 2 aromatic rings. The Hall–Kier alpha value is -2.49. The molecule has 1 aliphatic rings. The van der Waals surface area contributed by atoms with Crippen molar-refractivity contribution in [2.75, 3.05) is 44.2 Å². The topological polar surface area (TPSA) is 87.0 Å². The quantitative estimate of drug-likeness (QED) is 0.442. The predicted octanol–water partition coefficient (Wildman–Crippen LogP) is 3.56. The average Bonchev–Trinajstić information content (AvgIpc) is 2.77. The number of piperazine rings is 1. The number of rotatable bonds is 8. The summed E-state index contributed by atoms with van der Waals surface area (Å²) >= 11 is 0. The molecule has 0 aromatic heterocycles. The molecule has 8 nitrogen and oxygen atoms in total. The van der Waals surface area contributed by atoms with Gasteiger partial charge in [-0.15, -0.1) is 0 Å². The summed E-state index contributed by atoms with van der Waals surface area (Å²) in [4.78, 5) is 15.6. The van der Waals surface area contributed by atoms with E-state index in [1.165, 1.54) is 33.1 Å². The SMILES string of the molecule is CCN(CC)S(=O)(=O)c1ccc(N2CCN(Cc3cc(C)ccc3C)CC2)c([N+](=O)[O-])c1. The lowest BCUT2D eigenvalue weighted by Crippen LogP contribution is -2.46. The standard InChI is InChI=1S/C23H32N4O4S/c1-5-26(6-2)32(30,31)21-9-10-22(23(16-21)27(28)29)25-13-11-24(12-14-25)17-20-15-18(3)7-8-19(20)4/h7-10,15-16H,5-6,11-14,17H2,1-4H3. The van der Waals surface area contributed by atoms with Crippen molar-refractivity contribution in [1.82, 2.24) is 9.21 Å². The number of nitro groups is 1. The number of hydrogen-bond acceptors (Lipinski definition) is 6. The molecule has 0 radical (unpaired) electrons. The van der Waals surface area contributed by atoms with E-state index in [0.717, 1.165) is 19.6 Å². The Labute approximate surface area is 190 Å². The van der Waals surface area contributed by atoms with Crippen molar-refractivity contribution in [3.63, 3.8) is 0 Å². The highest BCUT2D eigenvalue weighted by atomic mass is 32.2. The summed E-state index contributed by atoms with van der Waals surface area (Å²) < 4.78 is 26.9. The highest BCUT2D eigenvalue weighted by Gasteiger charge is 2.29. The van der Waals surface area contributed by atoms with E-state index in [1.807, 2.05) is 4.90 Å². The van der Waals surface area contributed by atoms with Gasteiger partial charge in [-0.3, -0.25) is 15.0 Å². The summed E-state index contributed by atoms with van der Waals surface area (Å²) in [6, 6.07) is 10.7. The number of benzene rings is 2. The van der Waals surface area contributed by atoms with E-state index in [0.29, 0.717) is 31.9 Å². The first-order chi connectivity index (χ1) is 15.2. The third-order valence-electron chi connectivity index (χ3n) is 6.10. The molecule has 0 bridgehead atoms. The van der Waals surface area contributed by atoms with E-state index in [4.69, 9.17) is 0 Å². The van der Waals surface area contributed by atoms with Crippen molar-refractivity contribution in [2.24, 2.45) is 0 Å². The number of anilines is 1. The zero-order valence-corrected chi connectivity index (χ0v) is 20.1. The number of sulfonamides is 1. The third kappa shape index (κ3) is 5.11. The van der Waals surface area contributed by atoms with Crippen molar-refractivity contribution in [3.05, 3.63) is 63.2 Å². The van der Waals surface area contributed by atoms with Gasteiger partial charge in [0.05, 0.1) is 9.82 Å². The monoisotopic (exact) mass is 460 g/mol. The first-order valence-corrected chi connectivity index (χ1v) is 12.4. The van der Waals surface area contributed by atoms with Gasteiger partial charge in [-0.05, 0) is 37.1 Å². The lowest BCUT2D eigenvalue weighted by Gasteiger charge is -2.36. The van der Waals surface area contributed by atoms with Gasteiger partial charge < -0.3 is 4.90 Å². The van der Waals surface area contributed by atoms with Crippen LogP contribution < -0.4 is 4.90 Å². The normalized spacial score (nSPS) is 15.3. The molecule has 1 heterocycles. The number of nitrogens with zero attached hydrogens (tertiary/aromatic N) is 4. The van der Waals surface area contributed by atoms with Gasteiger partial charge in [-0.1, -0.05) is 37.6 Å². The number of hydrogen-bond donors (Lipinski definition) is 0. The Morgan fingerprint density at radius 1 is 1.00 bits per heavy atom. The van der Waals surface area contributed by atoms with Crippen LogP contribution in [0, 0.1) is 24.0 Å². The maximum atomic E-state index is 12.8. The number of nitro benzene ring substituents is 1. The maximum Gasteiger partial charge on any atom is 0.293 e. The molecule has 0 unspecified atom stereocenters. The van der Waals surface area contributed by atoms with Crippen molar-refractivity contribution >= 4 is 21.4 Å². The lowest BCUT2D eigenvalue weighted by atomic mass is 10.0. The van der Waals surface area contributed by atoms with E-state index >= 15 is 0 Å². The van der Waals surface area contributed by atoms with Crippen LogP contribution in [0.4, 0.5) is 11.4 Å². The molecule has 32 heavy (non-hydrogen) atoms. The summed E-state index contributed by atoms with van der Waals surface area (Å²) in [7, 11) is -3.75. The molecule has 1 saturated heterocycles. The van der Waals surface area contributed by atoms with Crippen LogP contribution in [-0.2, 0) is 16.6 Å². The van der Waals surface area contributed by atoms with Crippen LogP contribution in [0.3, 0.4) is 0 Å². The van der Waals surface area contributed by atoms with Crippen LogP contribution in [0.5, 0.6) is 0 Å². The second kappa shape index (κ2) is 9.97. The largest absolute Gasteiger partial charge is 0.363 e. The molecule has 0 atom stereocenters. The van der Waals surface area contributed by atoms with Gasteiger partial charge in [0.1, 0.15) is 5.69 Å². The molecule has 1 aliphatic heterocycles. The molecule has 174 valence electrons. The summed E-state index contributed by atoms with van der Waals surface area (Å²) in [5, 5.41) is 11.8. The van der Waals surface area contributed by atoms with Crippen molar-refractivity contribution in [2.45, 2.75) is 39.1 Å². The van der Waals surface area contributed by atoms with Crippen molar-refractivity contribution < 1.29 is 13.3 Å². The van der Waals surface area contributed by atoms with Crippen molar-refractivity contribution in [3.8, 4) is 0 Å². The Kier molecular flexibility index (Phi) is 7.53. The minimum absolute atomic E-state index is 0.0368. The minimum atomic E-state index is -3.75. The van der Waals surface area contributed by atoms with E-state index in [-0.39, 0.29) is 10.6 Å². The highest BCUT2D eigenvalue weighted by Crippen LogP contribution is 2.32. The molecule has 0 aliphatic carbocycles. The molecular formula is C23H32N4O4S. The average molecular weight is 461 g/mol. The summed E-state index contributed by atoms with van der Waals surface area (Å²) in [5.74, 6) is 0. The van der Waals surface area contributed by atoms with Crippen LogP contribution in [0.25, 0.3) is 0 Å². The van der Waals surface area contributed by atoms with E-state index in [2.05, 4.69) is 36.9 Å². The van der Waals surface area contributed by atoms with Gasteiger partial charge in [0.2, 0.25) is 10.0 Å². The predicted molar refractivity (Wildman–Crippen MR) is 127 cm³/mol. The van der Waals surface area contributed by atoms with Gasteiger partial charge in [0.15, 0.2) is 0 Å². The van der Waals surface area contributed by atoms with Gasteiger partial charge in [-0.2, -0.15) is 4.31 Å². The Morgan fingerprint density at radius 3 is 2.25 bits per heavy atom. The number of aryl methyl sites for hydroxylation is 2. The van der Waals surface area contributed by atoms with Gasteiger partial charge in [0, 0.05) is 51.9 Å². The molecule has 9 heteroatoms. The Bertz CT molecular complexity index is 1080. The zero-order valence-electron chi connectivity index (χ0n) is 19.2. The first kappa shape index (κ1) is 24.2. The molecule has 1 fully saturated rings. The lowest BCUT2D eigenvalue weighted by molar-refractivity contribution is -0.384. The van der Waals surface area contributed by atoms with E-state index < -0.39 is 14.9 Å². The fourth-order valence-electron chi connectivity index (χ4n) is 4.15. The zero-order chi connectivity index (χ0) is 23.5. The fraction of sp³-hybridized carbons (Fsp3) is 0.478. The summed E-state index contributed by atoms with van der Waals surface area (Å²) in [5.41, 5.74) is 4.11. The van der Waals surface area contributed by atoms with E-state index in [1.54, 1.807) is 19.9 Å². The van der Waals surface area contributed by atoms with Crippen LogP contribution >= 0.6 is 0 Å². The minimum Gasteiger partial charge on any atom is -0.363 e. The Morgan fingerprint density at radius 2 is 1.66 bits per heavy atom. The van der Waals surface area contributed by atoms with Crippen LogP contribution in [0.1, 0.15) is 30.5 Å². The van der Waals surface area contributed by atoms with Crippen LogP contribution in [0.2, 0.25) is 0 Å². The van der Waals surface area contributed by atoms with Crippen LogP contribution in [-0.4, -0.2) is 61.8 Å². The first-order valence-electron chi connectivity index (χ1n) is 11.0. The molecule has 0 spiro atoms. The second-order valence-corrected chi connectivity index (χ2v) is 10.1. The van der Waals surface area contributed by atoms with E-state index in [9.17, 15) is 18.5 Å². The van der Waals surface area contributed by atoms with Crippen molar-refractivity contribution in [1.29, 1.82) is 0 Å². The molecule has 3 rings (SSSR count). The molecule has 0 N–H and O–H groups in total. The van der Waals surface area contributed by atoms with Gasteiger partial charge >= 0.3 is 0 Å². The Balaban J connectivity index is 1.77. The second-order valence-electron chi connectivity index (χ2n) is 8.19. The smallest absolute Gasteiger partial charge is 0.293 e. The third-order valence-corrected chi connectivity index (χ3v) is 8.14. The molecular weight excluding hydrogens is 428 g/mol. The highest BCUT2D eigenvalue weighted by molar-refractivity contribution is 7.89. The fourth-order valence-corrected chi connectivity index (χ4v) is 5.63.